The Morgan fingerprint density at radius 3 is 2.40 bits per heavy atom. The third-order valence-electron chi connectivity index (χ3n) is 4.81. The summed E-state index contributed by atoms with van der Waals surface area (Å²) in [6.07, 6.45) is 1.74. The molecule has 3 rings (SSSR count). The van der Waals surface area contributed by atoms with E-state index in [2.05, 4.69) is 16.8 Å². The zero-order valence-electron chi connectivity index (χ0n) is 14.9. The molecule has 1 aliphatic heterocycles. The highest BCUT2D eigenvalue weighted by atomic mass is 16.5. The Bertz CT molecular complexity index is 680. The van der Waals surface area contributed by atoms with Crippen LogP contribution in [0.2, 0.25) is 0 Å². The summed E-state index contributed by atoms with van der Waals surface area (Å²) in [6, 6.07) is 13.4. The Hall–Kier alpha value is -2.40. The number of ether oxygens (including phenoxy) is 1. The second-order valence-electron chi connectivity index (χ2n) is 6.22. The molecule has 0 spiro atoms. The number of hydrogen-bond acceptors (Lipinski definition) is 4. The molecule has 2 heterocycles. The quantitative estimate of drug-likeness (QED) is 0.839. The van der Waals surface area contributed by atoms with Crippen LogP contribution >= 0.6 is 0 Å². The molecule has 0 saturated carbocycles. The Morgan fingerprint density at radius 2 is 1.84 bits per heavy atom. The molecule has 1 aromatic carbocycles. The molecular formula is C20H25N3O2. The monoisotopic (exact) mass is 339 g/mol. The maximum atomic E-state index is 13.3. The first-order valence-corrected chi connectivity index (χ1v) is 8.79. The van der Waals surface area contributed by atoms with Gasteiger partial charge in [-0.1, -0.05) is 25.1 Å². The number of amides is 1. The lowest BCUT2D eigenvalue weighted by Crippen LogP contribution is -2.50. The van der Waals surface area contributed by atoms with Crippen molar-refractivity contribution < 1.29 is 9.53 Å². The SMILES string of the molecule is CCN1CCN(C(=O)C(c2ccc(OC)cc2)c2ccccn2)CC1. The number of nitrogens with zero attached hydrogens (tertiary/aromatic N) is 3. The van der Waals surface area contributed by atoms with E-state index in [1.54, 1.807) is 13.3 Å². The fourth-order valence-electron chi connectivity index (χ4n) is 3.25. The minimum atomic E-state index is -0.375. The van der Waals surface area contributed by atoms with E-state index in [4.69, 9.17) is 4.74 Å². The van der Waals surface area contributed by atoms with Crippen LogP contribution in [0.15, 0.2) is 48.7 Å². The lowest BCUT2D eigenvalue weighted by Gasteiger charge is -2.36. The van der Waals surface area contributed by atoms with Crippen LogP contribution in [0.25, 0.3) is 0 Å². The van der Waals surface area contributed by atoms with Gasteiger partial charge in [-0.15, -0.1) is 0 Å². The minimum Gasteiger partial charge on any atom is -0.497 e. The molecule has 1 aliphatic rings. The molecule has 1 fully saturated rings. The van der Waals surface area contributed by atoms with Gasteiger partial charge in [-0.25, -0.2) is 0 Å². The van der Waals surface area contributed by atoms with E-state index >= 15 is 0 Å². The molecule has 1 amide bonds. The fraction of sp³-hybridized carbons (Fsp3) is 0.400. The topological polar surface area (TPSA) is 45.7 Å². The first-order chi connectivity index (χ1) is 12.2. The minimum absolute atomic E-state index is 0.125. The predicted molar refractivity (Wildman–Crippen MR) is 97.8 cm³/mol. The molecule has 0 N–H and O–H groups in total. The normalized spacial score (nSPS) is 16.5. The van der Waals surface area contributed by atoms with E-state index < -0.39 is 0 Å². The van der Waals surface area contributed by atoms with Crippen LogP contribution in [0, 0.1) is 0 Å². The Kier molecular flexibility index (Phi) is 5.66. The lowest BCUT2D eigenvalue weighted by molar-refractivity contribution is -0.133. The molecule has 132 valence electrons. The summed E-state index contributed by atoms with van der Waals surface area (Å²) in [7, 11) is 1.64. The van der Waals surface area contributed by atoms with Gasteiger partial charge in [0.15, 0.2) is 0 Å². The van der Waals surface area contributed by atoms with Gasteiger partial charge in [0, 0.05) is 32.4 Å². The van der Waals surface area contributed by atoms with Crippen LogP contribution in [0.3, 0.4) is 0 Å². The molecule has 1 saturated heterocycles. The second-order valence-corrected chi connectivity index (χ2v) is 6.22. The molecule has 5 nitrogen and oxygen atoms in total. The Morgan fingerprint density at radius 1 is 1.12 bits per heavy atom. The van der Waals surface area contributed by atoms with Crippen molar-refractivity contribution in [2.24, 2.45) is 0 Å². The van der Waals surface area contributed by atoms with Crippen molar-refractivity contribution >= 4 is 5.91 Å². The second kappa shape index (κ2) is 8.12. The summed E-state index contributed by atoms with van der Waals surface area (Å²) < 4.78 is 5.24. The van der Waals surface area contributed by atoms with Crippen LogP contribution in [-0.2, 0) is 4.79 Å². The van der Waals surface area contributed by atoms with Crippen molar-refractivity contribution in [3.63, 3.8) is 0 Å². The number of rotatable bonds is 5. The molecule has 0 radical (unpaired) electrons. The molecule has 0 aliphatic carbocycles. The van der Waals surface area contributed by atoms with Gasteiger partial charge in [-0.05, 0) is 36.4 Å². The third kappa shape index (κ3) is 3.99. The van der Waals surface area contributed by atoms with Crippen LogP contribution in [0.4, 0.5) is 0 Å². The largest absolute Gasteiger partial charge is 0.497 e. The molecule has 5 heteroatoms. The molecular weight excluding hydrogens is 314 g/mol. The van der Waals surface area contributed by atoms with Crippen molar-refractivity contribution in [1.82, 2.24) is 14.8 Å². The molecule has 1 aromatic heterocycles. The van der Waals surface area contributed by atoms with Gasteiger partial charge in [0.05, 0.1) is 12.8 Å². The van der Waals surface area contributed by atoms with Crippen molar-refractivity contribution in [1.29, 1.82) is 0 Å². The smallest absolute Gasteiger partial charge is 0.236 e. The molecule has 2 aromatic rings. The lowest BCUT2D eigenvalue weighted by atomic mass is 9.93. The first kappa shape index (κ1) is 17.4. The number of methoxy groups -OCH3 is 1. The zero-order valence-corrected chi connectivity index (χ0v) is 14.9. The Balaban J connectivity index is 1.87. The summed E-state index contributed by atoms with van der Waals surface area (Å²) in [5.74, 6) is 0.535. The third-order valence-corrected chi connectivity index (χ3v) is 4.81. The molecule has 25 heavy (non-hydrogen) atoms. The summed E-state index contributed by atoms with van der Waals surface area (Å²) in [4.78, 5) is 22.1. The standard InChI is InChI=1S/C20H25N3O2/c1-3-22-12-14-23(15-13-22)20(24)19(18-6-4-5-11-21-18)16-7-9-17(25-2)10-8-16/h4-11,19H,3,12-15H2,1-2H3. The molecule has 1 unspecified atom stereocenters. The van der Waals surface area contributed by atoms with Gasteiger partial charge in [0.2, 0.25) is 5.91 Å². The van der Waals surface area contributed by atoms with Crippen molar-refractivity contribution in [3.8, 4) is 5.75 Å². The van der Waals surface area contributed by atoms with Gasteiger partial charge in [0.25, 0.3) is 0 Å². The predicted octanol–water partition coefficient (Wildman–Crippen LogP) is 2.39. The maximum absolute atomic E-state index is 13.3. The van der Waals surface area contributed by atoms with Gasteiger partial charge >= 0.3 is 0 Å². The average Bonchev–Trinajstić information content (AvgIpc) is 2.69. The van der Waals surface area contributed by atoms with Crippen molar-refractivity contribution in [3.05, 3.63) is 59.9 Å². The number of carbonyl (C=O) groups is 1. The van der Waals surface area contributed by atoms with E-state index in [0.29, 0.717) is 0 Å². The van der Waals surface area contributed by atoms with Gasteiger partial charge < -0.3 is 14.5 Å². The fourth-order valence-corrected chi connectivity index (χ4v) is 3.25. The van der Waals surface area contributed by atoms with E-state index in [9.17, 15) is 4.79 Å². The van der Waals surface area contributed by atoms with Gasteiger partial charge in [0.1, 0.15) is 11.7 Å². The summed E-state index contributed by atoms with van der Waals surface area (Å²) in [6.45, 7) is 6.59. The van der Waals surface area contributed by atoms with Crippen LogP contribution in [-0.4, -0.2) is 60.5 Å². The zero-order chi connectivity index (χ0) is 17.6. The van der Waals surface area contributed by atoms with E-state index in [1.165, 1.54) is 0 Å². The number of likely N-dealkylation sites (N-methyl/N-ethyl adjacent to an activating group) is 1. The van der Waals surface area contributed by atoms with Crippen LogP contribution in [0.1, 0.15) is 24.1 Å². The van der Waals surface area contributed by atoms with Crippen LogP contribution < -0.4 is 4.74 Å². The van der Waals surface area contributed by atoms with E-state index in [1.807, 2.05) is 47.4 Å². The number of piperazine rings is 1. The maximum Gasteiger partial charge on any atom is 0.236 e. The highest BCUT2D eigenvalue weighted by Crippen LogP contribution is 2.27. The first-order valence-electron chi connectivity index (χ1n) is 8.79. The average molecular weight is 339 g/mol. The van der Waals surface area contributed by atoms with E-state index in [-0.39, 0.29) is 11.8 Å². The van der Waals surface area contributed by atoms with E-state index in [0.717, 1.165) is 49.7 Å². The van der Waals surface area contributed by atoms with Crippen molar-refractivity contribution in [2.75, 3.05) is 39.8 Å². The highest BCUT2D eigenvalue weighted by molar-refractivity contribution is 5.87. The summed E-state index contributed by atoms with van der Waals surface area (Å²) in [5, 5.41) is 0. The number of benzene rings is 1. The number of carbonyl (C=O) groups excluding carboxylic acids is 1. The number of hydrogen-bond donors (Lipinski definition) is 0. The summed E-state index contributed by atoms with van der Waals surface area (Å²) >= 11 is 0. The Labute approximate surface area is 149 Å². The van der Waals surface area contributed by atoms with Crippen LogP contribution in [0.5, 0.6) is 5.75 Å². The molecule has 1 atom stereocenters. The van der Waals surface area contributed by atoms with Gasteiger partial charge in [-0.2, -0.15) is 0 Å². The number of pyridine rings is 1. The van der Waals surface area contributed by atoms with Gasteiger partial charge in [-0.3, -0.25) is 9.78 Å². The molecule has 0 bridgehead atoms. The highest BCUT2D eigenvalue weighted by Gasteiger charge is 2.30. The number of aromatic nitrogens is 1. The van der Waals surface area contributed by atoms with Crippen molar-refractivity contribution in [2.45, 2.75) is 12.8 Å². The summed E-state index contributed by atoms with van der Waals surface area (Å²) in [5.41, 5.74) is 1.73.